The lowest BCUT2D eigenvalue weighted by Crippen LogP contribution is -2.12. The number of amides is 1. The van der Waals surface area contributed by atoms with Crippen molar-refractivity contribution >= 4 is 11.6 Å². The Labute approximate surface area is 140 Å². The molecule has 3 aromatic rings. The summed E-state index contributed by atoms with van der Waals surface area (Å²) in [5.41, 5.74) is 3.95. The van der Waals surface area contributed by atoms with E-state index in [1.807, 2.05) is 62.4 Å². The number of H-pyrrole nitrogens is 1. The average Bonchev–Trinajstić information content (AvgIpc) is 3.08. The fourth-order valence-electron chi connectivity index (χ4n) is 2.31. The standard InChI is InChI=1S/C19H19N3O2/c1-3-24-16-10-6-14(7-11-16)17-12-18(22-21-17)19(23)20-15-8-4-13(2)5-9-15/h4-12H,3H2,1-2H3,(H,20,23)(H,21,22). The summed E-state index contributed by atoms with van der Waals surface area (Å²) in [6.45, 7) is 4.58. The molecule has 0 bridgehead atoms. The molecule has 24 heavy (non-hydrogen) atoms. The second-order valence-corrected chi connectivity index (χ2v) is 5.44. The largest absolute Gasteiger partial charge is 0.494 e. The molecule has 0 unspecified atom stereocenters. The van der Waals surface area contributed by atoms with Crippen molar-refractivity contribution in [3.63, 3.8) is 0 Å². The van der Waals surface area contributed by atoms with Crippen LogP contribution in [-0.2, 0) is 0 Å². The van der Waals surface area contributed by atoms with Crippen LogP contribution in [0.15, 0.2) is 54.6 Å². The van der Waals surface area contributed by atoms with Gasteiger partial charge >= 0.3 is 0 Å². The summed E-state index contributed by atoms with van der Waals surface area (Å²) in [5, 5.41) is 9.84. The van der Waals surface area contributed by atoms with E-state index in [1.165, 1.54) is 0 Å². The van der Waals surface area contributed by atoms with Gasteiger partial charge in [-0.15, -0.1) is 0 Å². The fraction of sp³-hybridized carbons (Fsp3) is 0.158. The topological polar surface area (TPSA) is 67.0 Å². The summed E-state index contributed by atoms with van der Waals surface area (Å²) in [5.74, 6) is 0.595. The molecule has 1 amide bonds. The highest BCUT2D eigenvalue weighted by atomic mass is 16.5. The average molecular weight is 321 g/mol. The predicted octanol–water partition coefficient (Wildman–Crippen LogP) is 4.04. The summed E-state index contributed by atoms with van der Waals surface area (Å²) in [6, 6.07) is 17.0. The van der Waals surface area contributed by atoms with E-state index in [2.05, 4.69) is 15.5 Å². The third kappa shape index (κ3) is 3.63. The van der Waals surface area contributed by atoms with Gasteiger partial charge in [0.05, 0.1) is 12.3 Å². The zero-order valence-corrected chi connectivity index (χ0v) is 13.7. The lowest BCUT2D eigenvalue weighted by atomic mass is 10.1. The molecule has 0 fully saturated rings. The van der Waals surface area contributed by atoms with Gasteiger partial charge in [-0.1, -0.05) is 17.7 Å². The summed E-state index contributed by atoms with van der Waals surface area (Å²) in [4.78, 5) is 12.3. The molecule has 0 aliphatic carbocycles. The van der Waals surface area contributed by atoms with Gasteiger partial charge in [-0.2, -0.15) is 5.10 Å². The van der Waals surface area contributed by atoms with E-state index < -0.39 is 0 Å². The number of carbonyl (C=O) groups excluding carboxylic acids is 1. The lowest BCUT2D eigenvalue weighted by Gasteiger charge is -2.03. The number of nitrogens with zero attached hydrogens (tertiary/aromatic N) is 1. The number of rotatable bonds is 5. The van der Waals surface area contributed by atoms with Gasteiger partial charge in [0.15, 0.2) is 0 Å². The van der Waals surface area contributed by atoms with E-state index in [4.69, 9.17) is 4.74 Å². The van der Waals surface area contributed by atoms with Gasteiger partial charge in [0.2, 0.25) is 0 Å². The first kappa shape index (κ1) is 15.8. The van der Waals surface area contributed by atoms with Crippen molar-refractivity contribution in [1.82, 2.24) is 10.2 Å². The first-order chi connectivity index (χ1) is 11.7. The van der Waals surface area contributed by atoms with Crippen molar-refractivity contribution in [3.05, 3.63) is 65.9 Å². The van der Waals surface area contributed by atoms with E-state index in [0.29, 0.717) is 18.0 Å². The first-order valence-corrected chi connectivity index (χ1v) is 7.82. The number of anilines is 1. The molecule has 0 atom stereocenters. The number of nitrogens with one attached hydrogen (secondary N) is 2. The smallest absolute Gasteiger partial charge is 0.273 e. The van der Waals surface area contributed by atoms with Gasteiger partial charge < -0.3 is 10.1 Å². The molecule has 0 aliphatic heterocycles. The van der Waals surface area contributed by atoms with Crippen molar-refractivity contribution in [3.8, 4) is 17.0 Å². The summed E-state index contributed by atoms with van der Waals surface area (Å²) >= 11 is 0. The monoisotopic (exact) mass is 321 g/mol. The normalized spacial score (nSPS) is 10.4. The van der Waals surface area contributed by atoms with Crippen LogP contribution >= 0.6 is 0 Å². The van der Waals surface area contributed by atoms with Gasteiger partial charge in [0.1, 0.15) is 11.4 Å². The van der Waals surface area contributed by atoms with Gasteiger partial charge in [-0.25, -0.2) is 0 Å². The summed E-state index contributed by atoms with van der Waals surface area (Å²) in [6.07, 6.45) is 0. The Balaban J connectivity index is 1.72. The molecule has 0 aliphatic rings. The Morgan fingerprint density at radius 1 is 1.12 bits per heavy atom. The number of aromatic nitrogens is 2. The molecule has 1 aromatic heterocycles. The number of aromatic amines is 1. The molecule has 0 saturated carbocycles. The maximum atomic E-state index is 12.3. The van der Waals surface area contributed by atoms with E-state index in [-0.39, 0.29) is 5.91 Å². The second kappa shape index (κ2) is 7.00. The van der Waals surface area contributed by atoms with E-state index in [0.717, 1.165) is 22.6 Å². The minimum atomic E-state index is -0.219. The second-order valence-electron chi connectivity index (χ2n) is 5.44. The summed E-state index contributed by atoms with van der Waals surface area (Å²) < 4.78 is 5.42. The highest BCUT2D eigenvalue weighted by molar-refractivity contribution is 6.03. The molecule has 122 valence electrons. The molecule has 1 heterocycles. The number of carbonyl (C=O) groups is 1. The summed E-state index contributed by atoms with van der Waals surface area (Å²) in [7, 11) is 0. The van der Waals surface area contributed by atoms with Crippen molar-refractivity contribution in [2.24, 2.45) is 0 Å². The van der Waals surface area contributed by atoms with Crippen molar-refractivity contribution in [1.29, 1.82) is 0 Å². The number of benzene rings is 2. The van der Waals surface area contributed by atoms with Gasteiger partial charge in [-0.05, 0) is 56.3 Å². The molecule has 0 saturated heterocycles. The van der Waals surface area contributed by atoms with Crippen LogP contribution in [0, 0.1) is 6.92 Å². The predicted molar refractivity (Wildman–Crippen MR) is 94.3 cm³/mol. The van der Waals surface area contributed by atoms with Crippen LogP contribution in [-0.4, -0.2) is 22.7 Å². The van der Waals surface area contributed by atoms with E-state index in [9.17, 15) is 4.79 Å². The van der Waals surface area contributed by atoms with Crippen LogP contribution in [0.4, 0.5) is 5.69 Å². The molecule has 3 rings (SSSR count). The zero-order chi connectivity index (χ0) is 16.9. The zero-order valence-electron chi connectivity index (χ0n) is 13.7. The molecule has 0 spiro atoms. The molecule has 5 nitrogen and oxygen atoms in total. The number of aryl methyl sites for hydroxylation is 1. The highest BCUT2D eigenvalue weighted by Crippen LogP contribution is 2.21. The van der Waals surface area contributed by atoms with Crippen LogP contribution in [0.5, 0.6) is 5.75 Å². The minimum absolute atomic E-state index is 0.219. The Hall–Kier alpha value is -3.08. The number of ether oxygens (including phenoxy) is 1. The highest BCUT2D eigenvalue weighted by Gasteiger charge is 2.11. The van der Waals surface area contributed by atoms with Crippen LogP contribution in [0.2, 0.25) is 0 Å². The Bertz CT molecular complexity index is 821. The van der Waals surface area contributed by atoms with Crippen LogP contribution in [0.1, 0.15) is 23.0 Å². The van der Waals surface area contributed by atoms with Crippen molar-refractivity contribution < 1.29 is 9.53 Å². The van der Waals surface area contributed by atoms with Gasteiger partial charge in [0.25, 0.3) is 5.91 Å². The minimum Gasteiger partial charge on any atom is -0.494 e. The molecule has 2 N–H and O–H groups in total. The Morgan fingerprint density at radius 2 is 1.83 bits per heavy atom. The lowest BCUT2D eigenvalue weighted by molar-refractivity contribution is 0.102. The van der Waals surface area contributed by atoms with Crippen LogP contribution in [0.3, 0.4) is 0 Å². The maximum Gasteiger partial charge on any atom is 0.273 e. The quantitative estimate of drug-likeness (QED) is 0.745. The third-order valence-corrected chi connectivity index (χ3v) is 3.59. The SMILES string of the molecule is CCOc1ccc(-c2cc(C(=O)Nc3ccc(C)cc3)[nH]n2)cc1. The third-order valence-electron chi connectivity index (χ3n) is 3.59. The molecule has 0 radical (unpaired) electrons. The van der Waals surface area contributed by atoms with Crippen LogP contribution < -0.4 is 10.1 Å². The Kier molecular flexibility index (Phi) is 4.61. The maximum absolute atomic E-state index is 12.3. The molecular formula is C19H19N3O2. The van der Waals surface area contributed by atoms with Gasteiger partial charge in [0, 0.05) is 11.3 Å². The van der Waals surface area contributed by atoms with E-state index >= 15 is 0 Å². The fourth-order valence-corrected chi connectivity index (χ4v) is 2.31. The number of hydrogen-bond donors (Lipinski definition) is 2. The van der Waals surface area contributed by atoms with E-state index in [1.54, 1.807) is 6.07 Å². The van der Waals surface area contributed by atoms with Crippen molar-refractivity contribution in [2.75, 3.05) is 11.9 Å². The Morgan fingerprint density at radius 3 is 2.50 bits per heavy atom. The number of hydrogen-bond acceptors (Lipinski definition) is 3. The molecule has 2 aromatic carbocycles. The van der Waals surface area contributed by atoms with Gasteiger partial charge in [-0.3, -0.25) is 9.89 Å². The van der Waals surface area contributed by atoms with Crippen LogP contribution in [0.25, 0.3) is 11.3 Å². The molecule has 5 heteroatoms. The van der Waals surface area contributed by atoms with Crippen molar-refractivity contribution in [2.45, 2.75) is 13.8 Å². The first-order valence-electron chi connectivity index (χ1n) is 7.82. The molecular weight excluding hydrogens is 302 g/mol.